The first-order chi connectivity index (χ1) is 9.66. The number of anilines is 1. The third kappa shape index (κ3) is 4.39. The van der Waals surface area contributed by atoms with E-state index in [1.165, 1.54) is 32.4 Å². The number of piperidine rings is 1. The zero-order chi connectivity index (χ0) is 14.4. The summed E-state index contributed by atoms with van der Waals surface area (Å²) in [5, 5.41) is 3.46. The van der Waals surface area contributed by atoms with Crippen molar-refractivity contribution >= 4 is 23.2 Å². The van der Waals surface area contributed by atoms with E-state index in [0.717, 1.165) is 13.0 Å². The van der Waals surface area contributed by atoms with Gasteiger partial charge in [0.05, 0.1) is 5.56 Å². The minimum absolute atomic E-state index is 0.127. The summed E-state index contributed by atoms with van der Waals surface area (Å²) in [7, 11) is 0. The smallest absolute Gasteiger partial charge is 0.253 e. The van der Waals surface area contributed by atoms with Crippen molar-refractivity contribution in [2.45, 2.75) is 25.7 Å². The number of likely N-dealkylation sites (tertiary alicyclic amines) is 1. The zero-order valence-corrected chi connectivity index (χ0v) is 12.5. The van der Waals surface area contributed by atoms with Gasteiger partial charge in [-0.15, -0.1) is 0 Å². The number of nitrogen functional groups attached to an aromatic ring is 1. The van der Waals surface area contributed by atoms with E-state index in [1.54, 1.807) is 18.2 Å². The number of halogens is 1. The van der Waals surface area contributed by atoms with Crippen LogP contribution in [0.3, 0.4) is 0 Å². The Bertz CT molecular complexity index is 458. The Balaban J connectivity index is 1.72. The van der Waals surface area contributed by atoms with Crippen LogP contribution in [0.1, 0.15) is 36.0 Å². The van der Waals surface area contributed by atoms with E-state index in [9.17, 15) is 4.79 Å². The number of nitrogens with zero attached hydrogens (tertiary/aromatic N) is 1. The summed E-state index contributed by atoms with van der Waals surface area (Å²) in [6.07, 6.45) is 4.92. The first-order valence-corrected chi connectivity index (χ1v) is 7.60. The maximum Gasteiger partial charge on any atom is 0.253 e. The first-order valence-electron chi connectivity index (χ1n) is 7.22. The lowest BCUT2D eigenvalue weighted by Crippen LogP contribution is -2.33. The Hall–Kier alpha value is -1.26. The minimum Gasteiger partial charge on any atom is -0.398 e. The number of nitrogens with one attached hydrogen (secondary N) is 1. The molecular weight excluding hydrogens is 274 g/mol. The first kappa shape index (κ1) is 15.1. The molecule has 1 fully saturated rings. The molecule has 0 spiro atoms. The molecule has 3 N–H and O–H groups in total. The van der Waals surface area contributed by atoms with Crippen molar-refractivity contribution in [2.24, 2.45) is 0 Å². The van der Waals surface area contributed by atoms with E-state index in [0.29, 0.717) is 22.8 Å². The number of amides is 1. The third-order valence-corrected chi connectivity index (χ3v) is 3.88. The molecule has 110 valence electrons. The number of carbonyl (C=O) groups excluding carboxylic acids is 1. The van der Waals surface area contributed by atoms with Gasteiger partial charge in [-0.05, 0) is 57.1 Å². The number of rotatable bonds is 5. The summed E-state index contributed by atoms with van der Waals surface area (Å²) in [5.41, 5.74) is 6.71. The van der Waals surface area contributed by atoms with Gasteiger partial charge in [-0.1, -0.05) is 18.0 Å². The van der Waals surface area contributed by atoms with Gasteiger partial charge in [-0.3, -0.25) is 4.79 Å². The van der Waals surface area contributed by atoms with Gasteiger partial charge in [0.2, 0.25) is 0 Å². The van der Waals surface area contributed by atoms with Gasteiger partial charge in [0, 0.05) is 17.3 Å². The molecule has 0 saturated carbocycles. The summed E-state index contributed by atoms with van der Waals surface area (Å²) in [6.45, 7) is 4.12. The largest absolute Gasteiger partial charge is 0.398 e. The highest BCUT2D eigenvalue weighted by atomic mass is 35.5. The zero-order valence-electron chi connectivity index (χ0n) is 11.7. The lowest BCUT2D eigenvalue weighted by atomic mass is 10.1. The highest BCUT2D eigenvalue weighted by molar-refractivity contribution is 6.31. The second-order valence-corrected chi connectivity index (χ2v) is 5.68. The molecular formula is C15H22ClN3O. The van der Waals surface area contributed by atoms with Crippen LogP contribution < -0.4 is 11.1 Å². The lowest BCUT2D eigenvalue weighted by Gasteiger charge is -2.26. The van der Waals surface area contributed by atoms with Crippen molar-refractivity contribution in [3.63, 3.8) is 0 Å². The molecule has 20 heavy (non-hydrogen) atoms. The highest BCUT2D eigenvalue weighted by Crippen LogP contribution is 2.17. The van der Waals surface area contributed by atoms with Crippen LogP contribution >= 0.6 is 11.6 Å². The Morgan fingerprint density at radius 1 is 1.30 bits per heavy atom. The number of benzene rings is 1. The fraction of sp³-hybridized carbons (Fsp3) is 0.533. The summed E-state index contributed by atoms with van der Waals surface area (Å²) in [5.74, 6) is -0.127. The van der Waals surface area contributed by atoms with E-state index < -0.39 is 0 Å². The Morgan fingerprint density at radius 2 is 2.05 bits per heavy atom. The molecule has 2 rings (SSSR count). The second-order valence-electron chi connectivity index (χ2n) is 5.24. The molecule has 0 unspecified atom stereocenters. The van der Waals surface area contributed by atoms with Gasteiger partial charge in [0.15, 0.2) is 0 Å². The van der Waals surface area contributed by atoms with Crippen molar-refractivity contribution in [3.8, 4) is 0 Å². The van der Waals surface area contributed by atoms with Gasteiger partial charge in [0.25, 0.3) is 5.91 Å². The molecule has 1 aromatic rings. The van der Waals surface area contributed by atoms with Crippen LogP contribution in [0, 0.1) is 0 Å². The Kier molecular flexibility index (Phi) is 5.68. The molecule has 1 aromatic carbocycles. The highest BCUT2D eigenvalue weighted by Gasteiger charge is 2.11. The summed E-state index contributed by atoms with van der Waals surface area (Å²) in [6, 6.07) is 4.95. The van der Waals surface area contributed by atoms with Gasteiger partial charge >= 0.3 is 0 Å². The second kappa shape index (κ2) is 7.50. The van der Waals surface area contributed by atoms with Crippen LogP contribution in [-0.2, 0) is 0 Å². The number of carbonyl (C=O) groups is 1. The summed E-state index contributed by atoms with van der Waals surface area (Å²) < 4.78 is 0. The maximum atomic E-state index is 12.0. The van der Waals surface area contributed by atoms with Crippen molar-refractivity contribution in [3.05, 3.63) is 28.8 Å². The molecule has 1 saturated heterocycles. The Morgan fingerprint density at radius 3 is 2.75 bits per heavy atom. The standard InChI is InChI=1S/C15H22ClN3O/c16-12-5-6-13(14(17)11-12)15(20)18-7-4-10-19-8-2-1-3-9-19/h5-6,11H,1-4,7-10,17H2,(H,18,20). The average molecular weight is 296 g/mol. The number of hydrogen-bond donors (Lipinski definition) is 2. The van der Waals surface area contributed by atoms with E-state index in [1.807, 2.05) is 0 Å². The van der Waals surface area contributed by atoms with Gasteiger partial charge in [-0.2, -0.15) is 0 Å². The molecule has 1 aliphatic rings. The van der Waals surface area contributed by atoms with E-state index in [4.69, 9.17) is 17.3 Å². The summed E-state index contributed by atoms with van der Waals surface area (Å²) in [4.78, 5) is 14.4. The molecule has 0 radical (unpaired) electrons. The van der Waals surface area contributed by atoms with E-state index in [2.05, 4.69) is 10.2 Å². The monoisotopic (exact) mass is 295 g/mol. The fourth-order valence-electron chi connectivity index (χ4n) is 2.52. The van der Waals surface area contributed by atoms with Gasteiger partial charge < -0.3 is 16.0 Å². The Labute approximate surface area is 125 Å². The number of nitrogens with two attached hydrogens (primary N) is 1. The average Bonchev–Trinajstić information content (AvgIpc) is 2.44. The van der Waals surface area contributed by atoms with Crippen LogP contribution in [0.15, 0.2) is 18.2 Å². The van der Waals surface area contributed by atoms with Crippen molar-refractivity contribution in [1.29, 1.82) is 0 Å². The van der Waals surface area contributed by atoms with Crippen LogP contribution in [0.25, 0.3) is 0 Å². The SMILES string of the molecule is Nc1cc(Cl)ccc1C(=O)NCCCN1CCCCC1. The van der Waals surface area contributed by atoms with Gasteiger partial charge in [-0.25, -0.2) is 0 Å². The molecule has 1 aliphatic heterocycles. The summed E-state index contributed by atoms with van der Waals surface area (Å²) >= 11 is 5.82. The van der Waals surface area contributed by atoms with Crippen molar-refractivity contribution < 1.29 is 4.79 Å². The van der Waals surface area contributed by atoms with Gasteiger partial charge in [0.1, 0.15) is 0 Å². The molecule has 1 heterocycles. The van der Waals surface area contributed by atoms with Crippen molar-refractivity contribution in [2.75, 3.05) is 31.9 Å². The molecule has 4 nitrogen and oxygen atoms in total. The molecule has 5 heteroatoms. The van der Waals surface area contributed by atoms with E-state index >= 15 is 0 Å². The topological polar surface area (TPSA) is 58.4 Å². The maximum absolute atomic E-state index is 12.0. The van der Waals surface area contributed by atoms with Crippen LogP contribution in [-0.4, -0.2) is 37.0 Å². The fourth-order valence-corrected chi connectivity index (χ4v) is 2.70. The van der Waals surface area contributed by atoms with Crippen LogP contribution in [0.2, 0.25) is 5.02 Å². The quantitative estimate of drug-likeness (QED) is 0.648. The molecule has 0 atom stereocenters. The lowest BCUT2D eigenvalue weighted by molar-refractivity contribution is 0.0952. The molecule has 1 amide bonds. The molecule has 0 bridgehead atoms. The number of hydrogen-bond acceptors (Lipinski definition) is 3. The predicted molar refractivity (Wildman–Crippen MR) is 83.1 cm³/mol. The molecule has 0 aliphatic carbocycles. The predicted octanol–water partition coefficient (Wildman–Crippen LogP) is 2.53. The van der Waals surface area contributed by atoms with Crippen LogP contribution in [0.4, 0.5) is 5.69 Å². The van der Waals surface area contributed by atoms with Crippen molar-refractivity contribution in [1.82, 2.24) is 10.2 Å². The molecule has 0 aromatic heterocycles. The minimum atomic E-state index is -0.127. The van der Waals surface area contributed by atoms with E-state index in [-0.39, 0.29) is 5.91 Å². The third-order valence-electron chi connectivity index (χ3n) is 3.64. The van der Waals surface area contributed by atoms with Crippen LogP contribution in [0.5, 0.6) is 0 Å². The normalized spacial score (nSPS) is 16.1.